The highest BCUT2D eigenvalue weighted by Gasteiger charge is 2.23. The molecule has 2 aromatic rings. The summed E-state index contributed by atoms with van der Waals surface area (Å²) in [5.74, 6) is 1.42. The molecule has 1 atom stereocenters. The molecule has 1 aliphatic rings. The van der Waals surface area contributed by atoms with Gasteiger partial charge in [-0.1, -0.05) is 23.9 Å². The number of rotatable bonds is 5. The number of amides is 1. The zero-order valence-corrected chi connectivity index (χ0v) is 15.1. The van der Waals surface area contributed by atoms with Crippen molar-refractivity contribution < 1.29 is 4.79 Å². The van der Waals surface area contributed by atoms with Gasteiger partial charge in [-0.25, -0.2) is 9.97 Å². The molecule has 0 radical (unpaired) electrons. The van der Waals surface area contributed by atoms with E-state index in [2.05, 4.69) is 22.2 Å². The standard InChI is InChI=1S/C18H24N4OS/c1-3-19-17-14-9-4-5-10-15(14)20-18(21-17)24-12-16(23)22-11-7-6-8-13(22)2/h4-5,9-10,13H,3,6-8,11-12H2,1-2H3,(H,19,20,21)/t13-/m0/s1. The van der Waals surface area contributed by atoms with Crippen LogP contribution in [-0.2, 0) is 4.79 Å². The Hall–Kier alpha value is -1.82. The van der Waals surface area contributed by atoms with Crippen LogP contribution in [-0.4, -0.2) is 45.7 Å². The van der Waals surface area contributed by atoms with E-state index >= 15 is 0 Å². The van der Waals surface area contributed by atoms with Crippen molar-refractivity contribution in [2.45, 2.75) is 44.3 Å². The molecule has 1 amide bonds. The Balaban J connectivity index is 1.74. The first-order chi connectivity index (χ1) is 11.7. The molecular formula is C18H24N4OS. The van der Waals surface area contributed by atoms with Crippen LogP contribution in [0.1, 0.15) is 33.1 Å². The van der Waals surface area contributed by atoms with E-state index in [9.17, 15) is 4.79 Å². The smallest absolute Gasteiger partial charge is 0.233 e. The minimum Gasteiger partial charge on any atom is -0.370 e. The number of anilines is 1. The van der Waals surface area contributed by atoms with Crippen molar-refractivity contribution in [2.75, 3.05) is 24.2 Å². The SMILES string of the molecule is CCNc1nc(SCC(=O)N2CCCC[C@@H]2C)nc2ccccc12. The number of hydrogen-bond acceptors (Lipinski definition) is 5. The largest absolute Gasteiger partial charge is 0.370 e. The molecule has 5 nitrogen and oxygen atoms in total. The first-order valence-corrected chi connectivity index (χ1v) is 9.60. The lowest BCUT2D eigenvalue weighted by Gasteiger charge is -2.33. The molecule has 1 saturated heterocycles. The van der Waals surface area contributed by atoms with Crippen LogP contribution in [0.15, 0.2) is 29.4 Å². The number of likely N-dealkylation sites (tertiary alicyclic amines) is 1. The van der Waals surface area contributed by atoms with Crippen molar-refractivity contribution in [3.63, 3.8) is 0 Å². The lowest BCUT2D eigenvalue weighted by Crippen LogP contribution is -2.42. The highest BCUT2D eigenvalue weighted by atomic mass is 32.2. The predicted molar refractivity (Wildman–Crippen MR) is 99.5 cm³/mol. The summed E-state index contributed by atoms with van der Waals surface area (Å²) >= 11 is 1.43. The molecule has 1 N–H and O–H groups in total. The number of carbonyl (C=O) groups is 1. The molecule has 0 unspecified atom stereocenters. The van der Waals surface area contributed by atoms with Crippen molar-refractivity contribution in [1.82, 2.24) is 14.9 Å². The number of para-hydroxylation sites is 1. The predicted octanol–water partition coefficient (Wildman–Crippen LogP) is 3.55. The minimum absolute atomic E-state index is 0.189. The van der Waals surface area contributed by atoms with Crippen molar-refractivity contribution in [3.8, 4) is 0 Å². The highest BCUT2D eigenvalue weighted by Crippen LogP contribution is 2.25. The highest BCUT2D eigenvalue weighted by molar-refractivity contribution is 7.99. The Morgan fingerprint density at radius 2 is 2.17 bits per heavy atom. The monoisotopic (exact) mass is 344 g/mol. The van der Waals surface area contributed by atoms with E-state index in [4.69, 9.17) is 0 Å². The van der Waals surface area contributed by atoms with Crippen LogP contribution in [0.2, 0.25) is 0 Å². The van der Waals surface area contributed by atoms with Gasteiger partial charge in [0.15, 0.2) is 5.16 Å². The van der Waals surface area contributed by atoms with Crippen LogP contribution in [0, 0.1) is 0 Å². The molecule has 0 spiro atoms. The summed E-state index contributed by atoms with van der Waals surface area (Å²) in [6, 6.07) is 8.31. The Morgan fingerprint density at radius 1 is 1.33 bits per heavy atom. The van der Waals surface area contributed by atoms with E-state index in [0.717, 1.165) is 42.7 Å². The van der Waals surface area contributed by atoms with E-state index in [-0.39, 0.29) is 5.91 Å². The fraction of sp³-hybridized carbons (Fsp3) is 0.500. The van der Waals surface area contributed by atoms with Crippen LogP contribution in [0.3, 0.4) is 0 Å². The molecule has 1 fully saturated rings. The molecule has 24 heavy (non-hydrogen) atoms. The maximum atomic E-state index is 12.5. The summed E-state index contributed by atoms with van der Waals surface area (Å²) in [6.45, 7) is 5.86. The lowest BCUT2D eigenvalue weighted by atomic mass is 10.0. The lowest BCUT2D eigenvalue weighted by molar-refractivity contribution is -0.131. The first-order valence-electron chi connectivity index (χ1n) is 8.62. The second kappa shape index (κ2) is 7.83. The number of fused-ring (bicyclic) bond motifs is 1. The van der Waals surface area contributed by atoms with Gasteiger partial charge in [0, 0.05) is 24.5 Å². The number of piperidine rings is 1. The average molecular weight is 344 g/mol. The molecule has 6 heteroatoms. The van der Waals surface area contributed by atoms with Gasteiger partial charge in [0.25, 0.3) is 0 Å². The summed E-state index contributed by atoms with van der Waals surface area (Å²) in [5, 5.41) is 4.96. The fourth-order valence-corrected chi connectivity index (χ4v) is 3.84. The van der Waals surface area contributed by atoms with Crippen LogP contribution in [0.5, 0.6) is 0 Å². The fourth-order valence-electron chi connectivity index (χ4n) is 3.10. The third-order valence-corrected chi connectivity index (χ3v) is 5.21. The summed E-state index contributed by atoms with van der Waals surface area (Å²) in [4.78, 5) is 23.7. The summed E-state index contributed by atoms with van der Waals surface area (Å²) < 4.78 is 0. The number of carbonyl (C=O) groups excluding carboxylic acids is 1. The molecule has 0 aliphatic carbocycles. The number of aromatic nitrogens is 2. The molecule has 1 aromatic carbocycles. The van der Waals surface area contributed by atoms with Crippen LogP contribution >= 0.6 is 11.8 Å². The van der Waals surface area contributed by atoms with Crippen molar-refractivity contribution >= 4 is 34.4 Å². The zero-order valence-electron chi connectivity index (χ0n) is 14.3. The number of nitrogens with zero attached hydrogens (tertiary/aromatic N) is 3. The van der Waals surface area contributed by atoms with Gasteiger partial charge in [-0.3, -0.25) is 4.79 Å². The van der Waals surface area contributed by atoms with Crippen LogP contribution < -0.4 is 5.32 Å². The van der Waals surface area contributed by atoms with E-state index in [1.54, 1.807) is 0 Å². The molecule has 0 saturated carbocycles. The van der Waals surface area contributed by atoms with Gasteiger partial charge in [0.2, 0.25) is 5.91 Å². The number of benzene rings is 1. The van der Waals surface area contributed by atoms with Gasteiger partial charge in [0.05, 0.1) is 11.3 Å². The molecule has 1 aliphatic heterocycles. The maximum Gasteiger partial charge on any atom is 0.233 e. The van der Waals surface area contributed by atoms with Crippen molar-refractivity contribution in [1.29, 1.82) is 0 Å². The summed E-state index contributed by atoms with van der Waals surface area (Å²) in [6.07, 6.45) is 3.43. The Labute approximate surface area is 147 Å². The molecular weight excluding hydrogens is 320 g/mol. The summed E-state index contributed by atoms with van der Waals surface area (Å²) in [7, 11) is 0. The third kappa shape index (κ3) is 3.80. The third-order valence-electron chi connectivity index (χ3n) is 4.37. The molecule has 0 bridgehead atoms. The second-order valence-electron chi connectivity index (χ2n) is 6.12. The summed E-state index contributed by atoms with van der Waals surface area (Å²) in [5.41, 5.74) is 0.907. The molecule has 128 valence electrons. The van der Waals surface area contributed by atoms with E-state index < -0.39 is 0 Å². The van der Waals surface area contributed by atoms with Gasteiger partial charge in [0.1, 0.15) is 5.82 Å². The zero-order chi connectivity index (χ0) is 16.9. The van der Waals surface area contributed by atoms with Gasteiger partial charge < -0.3 is 10.2 Å². The second-order valence-corrected chi connectivity index (χ2v) is 7.07. The Morgan fingerprint density at radius 3 is 2.96 bits per heavy atom. The number of hydrogen-bond donors (Lipinski definition) is 1. The number of thioether (sulfide) groups is 1. The van der Waals surface area contributed by atoms with Gasteiger partial charge in [-0.05, 0) is 45.2 Å². The quantitative estimate of drug-likeness (QED) is 0.664. The molecule has 3 rings (SSSR count). The maximum absolute atomic E-state index is 12.5. The van der Waals surface area contributed by atoms with Crippen LogP contribution in [0.25, 0.3) is 10.9 Å². The Bertz CT molecular complexity index is 721. The number of nitrogens with one attached hydrogen (secondary N) is 1. The van der Waals surface area contributed by atoms with Crippen molar-refractivity contribution in [3.05, 3.63) is 24.3 Å². The normalized spacial score (nSPS) is 17.9. The van der Waals surface area contributed by atoms with Crippen LogP contribution in [0.4, 0.5) is 5.82 Å². The van der Waals surface area contributed by atoms with E-state index in [1.165, 1.54) is 18.2 Å². The average Bonchev–Trinajstić information content (AvgIpc) is 2.60. The van der Waals surface area contributed by atoms with E-state index in [1.807, 2.05) is 36.1 Å². The Kier molecular flexibility index (Phi) is 5.56. The first kappa shape index (κ1) is 17.0. The molecule has 2 heterocycles. The van der Waals surface area contributed by atoms with E-state index in [0.29, 0.717) is 17.0 Å². The molecule has 1 aromatic heterocycles. The minimum atomic E-state index is 0.189. The van der Waals surface area contributed by atoms with Gasteiger partial charge in [-0.2, -0.15) is 0 Å². The topological polar surface area (TPSA) is 58.1 Å². The van der Waals surface area contributed by atoms with Gasteiger partial charge in [-0.15, -0.1) is 0 Å². The van der Waals surface area contributed by atoms with Gasteiger partial charge >= 0.3 is 0 Å². The van der Waals surface area contributed by atoms with Crippen molar-refractivity contribution in [2.24, 2.45) is 0 Å².